The molecule has 3 aromatic carbocycles. The van der Waals surface area contributed by atoms with Gasteiger partial charge < -0.3 is 29.9 Å². The highest BCUT2D eigenvalue weighted by atomic mass is 16.6. The van der Waals surface area contributed by atoms with Gasteiger partial charge in [-0.25, -0.2) is 9.59 Å². The smallest absolute Gasteiger partial charge is 0.410 e. The van der Waals surface area contributed by atoms with Crippen molar-refractivity contribution in [3.05, 3.63) is 78.9 Å². The van der Waals surface area contributed by atoms with Crippen LogP contribution in [0.3, 0.4) is 0 Å². The maximum Gasteiger partial charge on any atom is 0.410 e. The molecule has 2 atom stereocenters. The number of anilines is 3. The fraction of sp³-hybridized carbons (Fsp3) is 0.310. The predicted molar refractivity (Wildman–Crippen MR) is 145 cm³/mol. The first kappa shape index (κ1) is 24.5. The van der Waals surface area contributed by atoms with E-state index in [1.807, 2.05) is 92.4 Å². The number of rotatable bonds is 5. The number of likely N-dealkylation sites (tertiary alicyclic amines) is 1. The number of piperazine rings is 1. The summed E-state index contributed by atoms with van der Waals surface area (Å²) >= 11 is 0. The molecule has 2 heterocycles. The van der Waals surface area contributed by atoms with E-state index in [2.05, 4.69) is 15.5 Å². The number of urea groups is 1. The van der Waals surface area contributed by atoms with Crippen molar-refractivity contribution in [2.75, 3.05) is 28.6 Å². The Balaban J connectivity index is 1.11. The van der Waals surface area contributed by atoms with Crippen molar-refractivity contribution in [1.82, 2.24) is 4.90 Å². The minimum Gasteiger partial charge on any atom is -0.457 e. The largest absolute Gasteiger partial charge is 0.457 e. The predicted octanol–water partition coefficient (Wildman–Crippen LogP) is 6.32. The zero-order valence-corrected chi connectivity index (χ0v) is 21.3. The molecular weight excluding hydrogens is 468 g/mol. The van der Waals surface area contributed by atoms with Crippen molar-refractivity contribution in [2.24, 2.45) is 0 Å². The van der Waals surface area contributed by atoms with E-state index in [-0.39, 0.29) is 24.2 Å². The molecule has 2 N–H and O–H groups in total. The van der Waals surface area contributed by atoms with E-state index in [4.69, 9.17) is 9.47 Å². The number of hydrogen-bond donors (Lipinski definition) is 2. The lowest BCUT2D eigenvalue weighted by Gasteiger charge is -2.36. The third kappa shape index (κ3) is 5.97. The second-order valence-electron chi connectivity index (χ2n) is 10.4. The van der Waals surface area contributed by atoms with Crippen LogP contribution in [-0.2, 0) is 4.74 Å². The van der Waals surface area contributed by atoms with Gasteiger partial charge in [0.05, 0.1) is 6.04 Å². The number of nitrogens with zero attached hydrogens (tertiary/aromatic N) is 2. The fourth-order valence-electron chi connectivity index (χ4n) is 4.79. The number of amides is 3. The van der Waals surface area contributed by atoms with Crippen LogP contribution in [0.5, 0.6) is 11.5 Å². The Morgan fingerprint density at radius 3 is 1.95 bits per heavy atom. The van der Waals surface area contributed by atoms with Crippen molar-refractivity contribution >= 4 is 29.2 Å². The Labute approximate surface area is 217 Å². The minimum absolute atomic E-state index is 0.160. The molecule has 3 aromatic rings. The second kappa shape index (κ2) is 10.0. The van der Waals surface area contributed by atoms with Crippen LogP contribution in [0.1, 0.15) is 27.2 Å². The van der Waals surface area contributed by atoms with Crippen molar-refractivity contribution in [1.29, 1.82) is 0 Å². The zero-order chi connectivity index (χ0) is 26.0. The maximum absolute atomic E-state index is 12.5. The van der Waals surface area contributed by atoms with Crippen LogP contribution in [0, 0.1) is 0 Å². The molecule has 3 amide bonds. The van der Waals surface area contributed by atoms with Gasteiger partial charge in [-0.3, -0.25) is 0 Å². The molecule has 0 saturated carbocycles. The number of nitrogens with one attached hydrogen (secondary N) is 2. The Morgan fingerprint density at radius 2 is 1.38 bits per heavy atom. The Hall–Kier alpha value is -4.20. The summed E-state index contributed by atoms with van der Waals surface area (Å²) in [6.45, 7) is 7.11. The van der Waals surface area contributed by atoms with Gasteiger partial charge in [-0.05, 0) is 87.9 Å². The molecule has 2 aliphatic heterocycles. The van der Waals surface area contributed by atoms with Crippen molar-refractivity contribution in [2.45, 2.75) is 44.9 Å². The van der Waals surface area contributed by atoms with Crippen LogP contribution in [0.25, 0.3) is 0 Å². The number of fused-ring (bicyclic) bond motifs is 2. The molecule has 2 bridgehead atoms. The normalized spacial score (nSPS) is 18.5. The molecule has 2 aliphatic rings. The fourth-order valence-corrected chi connectivity index (χ4v) is 4.79. The number of benzene rings is 3. The van der Waals surface area contributed by atoms with E-state index in [1.54, 1.807) is 12.1 Å². The average molecular weight is 501 g/mol. The summed E-state index contributed by atoms with van der Waals surface area (Å²) < 4.78 is 11.3. The first-order chi connectivity index (χ1) is 17.7. The van der Waals surface area contributed by atoms with E-state index in [0.717, 1.165) is 24.4 Å². The summed E-state index contributed by atoms with van der Waals surface area (Å²) in [5, 5.41) is 5.71. The maximum atomic E-state index is 12.5. The third-order valence-electron chi connectivity index (χ3n) is 6.42. The molecule has 0 unspecified atom stereocenters. The summed E-state index contributed by atoms with van der Waals surface area (Å²) in [5.41, 5.74) is 1.95. The van der Waals surface area contributed by atoms with E-state index in [1.165, 1.54) is 0 Å². The summed E-state index contributed by atoms with van der Waals surface area (Å²) in [6, 6.07) is 24.7. The minimum atomic E-state index is -0.492. The highest BCUT2D eigenvalue weighted by molar-refractivity contribution is 5.99. The number of ether oxygens (including phenoxy) is 2. The van der Waals surface area contributed by atoms with Crippen molar-refractivity contribution in [3.63, 3.8) is 0 Å². The van der Waals surface area contributed by atoms with E-state index in [9.17, 15) is 9.59 Å². The first-order valence-corrected chi connectivity index (χ1v) is 12.5. The number of carbonyl (C=O) groups excluding carboxylic acids is 2. The van der Waals surface area contributed by atoms with E-state index in [0.29, 0.717) is 23.7 Å². The molecule has 0 radical (unpaired) electrons. The standard InChI is InChI=1S/C29H32N4O4/c1-29(2,3)37-28(35)33-19-23-17-24(33)18-32(23)22-13-9-20(10-14-22)30-27(34)31-21-11-15-26(16-12-21)36-25-7-5-4-6-8-25/h4-16,23-24H,17-19H2,1-3H3,(H2,30,31,34)/t23-,24+/m0/s1. The summed E-state index contributed by atoms with van der Waals surface area (Å²) in [6.07, 6.45) is 0.708. The molecule has 2 saturated heterocycles. The van der Waals surface area contributed by atoms with E-state index >= 15 is 0 Å². The average Bonchev–Trinajstić information content (AvgIpc) is 3.47. The van der Waals surface area contributed by atoms with Crippen molar-refractivity contribution in [3.8, 4) is 11.5 Å². The lowest BCUT2D eigenvalue weighted by molar-refractivity contribution is 0.0214. The van der Waals surface area contributed by atoms with Crippen LogP contribution in [0.4, 0.5) is 26.7 Å². The molecule has 0 spiro atoms. The number of carbonyl (C=O) groups is 2. The monoisotopic (exact) mass is 500 g/mol. The summed E-state index contributed by atoms with van der Waals surface area (Å²) in [4.78, 5) is 29.2. The van der Waals surface area contributed by atoms with Gasteiger partial charge in [0.25, 0.3) is 0 Å². The van der Waals surface area contributed by atoms with Crippen LogP contribution >= 0.6 is 0 Å². The second-order valence-corrected chi connectivity index (χ2v) is 10.4. The Bertz CT molecular complexity index is 1240. The topological polar surface area (TPSA) is 83.1 Å². The molecule has 8 nitrogen and oxygen atoms in total. The Morgan fingerprint density at radius 1 is 0.784 bits per heavy atom. The Kier molecular flexibility index (Phi) is 6.65. The van der Waals surface area contributed by atoms with Crippen LogP contribution in [0.2, 0.25) is 0 Å². The molecule has 192 valence electrons. The van der Waals surface area contributed by atoms with Gasteiger partial charge in [0, 0.05) is 36.2 Å². The van der Waals surface area contributed by atoms with Crippen LogP contribution in [0.15, 0.2) is 78.9 Å². The van der Waals surface area contributed by atoms with Crippen LogP contribution in [-0.4, -0.2) is 47.8 Å². The zero-order valence-electron chi connectivity index (χ0n) is 21.3. The van der Waals surface area contributed by atoms with Gasteiger partial charge >= 0.3 is 12.1 Å². The molecular formula is C29H32N4O4. The lowest BCUT2D eigenvalue weighted by atomic mass is 10.2. The summed E-state index contributed by atoms with van der Waals surface area (Å²) in [7, 11) is 0. The van der Waals surface area contributed by atoms with Gasteiger partial charge in [0.2, 0.25) is 0 Å². The molecule has 5 rings (SSSR count). The quantitative estimate of drug-likeness (QED) is 0.428. The first-order valence-electron chi connectivity index (χ1n) is 12.5. The summed E-state index contributed by atoms with van der Waals surface area (Å²) in [5.74, 6) is 1.45. The molecule has 2 fully saturated rings. The van der Waals surface area contributed by atoms with Gasteiger partial charge in [0.15, 0.2) is 0 Å². The molecule has 8 heteroatoms. The lowest BCUT2D eigenvalue weighted by Crippen LogP contribution is -2.50. The SMILES string of the molecule is CC(C)(C)OC(=O)N1C[C@@H]2C[C@@H]1CN2c1ccc(NC(=O)Nc2ccc(Oc3ccccc3)cc2)cc1. The van der Waals surface area contributed by atoms with Gasteiger partial charge in [0.1, 0.15) is 17.1 Å². The van der Waals surface area contributed by atoms with Gasteiger partial charge in [-0.15, -0.1) is 0 Å². The van der Waals surface area contributed by atoms with E-state index < -0.39 is 5.60 Å². The van der Waals surface area contributed by atoms with Gasteiger partial charge in [-0.1, -0.05) is 18.2 Å². The number of hydrogen-bond acceptors (Lipinski definition) is 5. The van der Waals surface area contributed by atoms with Gasteiger partial charge in [-0.2, -0.15) is 0 Å². The molecule has 0 aliphatic carbocycles. The van der Waals surface area contributed by atoms with Crippen LogP contribution < -0.4 is 20.3 Å². The third-order valence-corrected chi connectivity index (χ3v) is 6.42. The van der Waals surface area contributed by atoms with Crippen molar-refractivity contribution < 1.29 is 19.1 Å². The highest BCUT2D eigenvalue weighted by Gasteiger charge is 2.46. The highest BCUT2D eigenvalue weighted by Crippen LogP contribution is 2.35. The number of para-hydroxylation sites is 1. The molecule has 37 heavy (non-hydrogen) atoms. The molecule has 0 aromatic heterocycles.